The number of rotatable bonds is 4. The molecule has 0 aliphatic heterocycles. The van der Waals surface area contributed by atoms with Gasteiger partial charge in [-0.3, -0.25) is 4.68 Å². The highest BCUT2D eigenvalue weighted by Crippen LogP contribution is 2.21. The molecule has 0 aliphatic rings. The van der Waals surface area contributed by atoms with Crippen molar-refractivity contribution in [3.63, 3.8) is 0 Å². The van der Waals surface area contributed by atoms with E-state index in [0.717, 1.165) is 11.4 Å². The first kappa shape index (κ1) is 13.3. The van der Waals surface area contributed by atoms with Crippen molar-refractivity contribution >= 4 is 28.3 Å². The van der Waals surface area contributed by atoms with Crippen LogP contribution in [0.4, 0.5) is 10.1 Å². The van der Waals surface area contributed by atoms with Gasteiger partial charge in [-0.2, -0.15) is 5.10 Å². The summed E-state index contributed by atoms with van der Waals surface area (Å²) >= 11 is 2.00. The molecular weight excluding hydrogens is 344 g/mol. The van der Waals surface area contributed by atoms with Gasteiger partial charge in [0.1, 0.15) is 5.82 Å². The lowest BCUT2D eigenvalue weighted by molar-refractivity contribution is 0.527. The molecule has 1 heterocycles. The molecule has 2 aromatic rings. The first-order valence-corrected chi connectivity index (χ1v) is 6.87. The van der Waals surface area contributed by atoms with Crippen molar-refractivity contribution in [1.82, 2.24) is 9.78 Å². The normalized spacial score (nSPS) is 10.9. The Balaban J connectivity index is 2.04. The molecule has 1 aromatic heterocycles. The molecule has 0 atom stereocenters. The minimum Gasteiger partial charge on any atom is -0.378 e. The van der Waals surface area contributed by atoms with E-state index >= 15 is 0 Å². The number of nitrogens with one attached hydrogen (secondary N) is 1. The predicted molar refractivity (Wildman–Crippen MR) is 79.1 cm³/mol. The van der Waals surface area contributed by atoms with E-state index in [4.69, 9.17) is 0 Å². The van der Waals surface area contributed by atoms with E-state index in [-0.39, 0.29) is 5.82 Å². The molecule has 3 nitrogen and oxygen atoms in total. The monoisotopic (exact) mass is 359 g/mol. The van der Waals surface area contributed by atoms with Crippen molar-refractivity contribution in [1.29, 1.82) is 0 Å². The Morgan fingerprint density at radius 1 is 1.39 bits per heavy atom. The Morgan fingerprint density at radius 3 is 2.83 bits per heavy atom. The Labute approximate surface area is 120 Å². The largest absolute Gasteiger partial charge is 0.378 e. The molecule has 0 radical (unpaired) electrons. The molecule has 18 heavy (non-hydrogen) atoms. The fourth-order valence-corrected chi connectivity index (χ4v) is 2.14. The van der Waals surface area contributed by atoms with Gasteiger partial charge in [0.15, 0.2) is 0 Å². The molecule has 5 heteroatoms. The zero-order chi connectivity index (χ0) is 13.1. The minimum absolute atomic E-state index is 0.201. The molecule has 2 rings (SSSR count). The summed E-state index contributed by atoms with van der Waals surface area (Å²) in [7, 11) is 0. The summed E-state index contributed by atoms with van der Waals surface area (Å²) in [6.45, 7) is 4.76. The van der Waals surface area contributed by atoms with Crippen LogP contribution < -0.4 is 5.32 Å². The van der Waals surface area contributed by atoms with E-state index in [2.05, 4.69) is 24.3 Å². The van der Waals surface area contributed by atoms with E-state index in [1.54, 1.807) is 6.07 Å². The van der Waals surface area contributed by atoms with Crippen LogP contribution in [0.5, 0.6) is 0 Å². The minimum atomic E-state index is -0.201. The van der Waals surface area contributed by atoms with Gasteiger partial charge in [-0.1, -0.05) is 6.07 Å². The summed E-state index contributed by atoms with van der Waals surface area (Å²) in [5, 5.41) is 7.63. The lowest BCUT2D eigenvalue weighted by atomic mass is 10.3. The molecule has 0 spiro atoms. The third-order valence-corrected chi connectivity index (χ3v) is 3.70. The molecule has 0 aliphatic carbocycles. The highest BCUT2D eigenvalue weighted by molar-refractivity contribution is 14.1. The van der Waals surface area contributed by atoms with E-state index in [1.807, 2.05) is 45.6 Å². The van der Waals surface area contributed by atoms with Gasteiger partial charge in [-0.05, 0) is 54.6 Å². The third-order valence-electron chi connectivity index (χ3n) is 2.60. The molecule has 0 fully saturated rings. The second-order valence-corrected chi connectivity index (χ2v) is 5.41. The SMILES string of the molecule is CC(C)n1ccc(CNc2cccc(F)c2I)n1. The number of anilines is 1. The van der Waals surface area contributed by atoms with E-state index in [0.29, 0.717) is 16.2 Å². The molecule has 0 amide bonds. The van der Waals surface area contributed by atoms with Crippen LogP contribution >= 0.6 is 22.6 Å². The molecule has 0 saturated carbocycles. The van der Waals surface area contributed by atoms with E-state index < -0.39 is 0 Å². The molecule has 0 saturated heterocycles. The summed E-state index contributed by atoms with van der Waals surface area (Å²) in [5.74, 6) is -0.201. The maximum Gasteiger partial charge on any atom is 0.138 e. The summed E-state index contributed by atoms with van der Waals surface area (Å²) in [6, 6.07) is 7.35. The molecular formula is C13H15FIN3. The van der Waals surface area contributed by atoms with Crippen molar-refractivity contribution in [3.05, 3.63) is 45.5 Å². The quantitative estimate of drug-likeness (QED) is 0.842. The van der Waals surface area contributed by atoms with Gasteiger partial charge in [0.05, 0.1) is 21.5 Å². The maximum absolute atomic E-state index is 13.3. The summed E-state index contributed by atoms with van der Waals surface area (Å²) in [6.07, 6.45) is 1.96. The first-order valence-electron chi connectivity index (χ1n) is 5.80. The second-order valence-electron chi connectivity index (χ2n) is 4.34. The van der Waals surface area contributed by atoms with Crippen LogP contribution in [0.15, 0.2) is 30.5 Å². The average Bonchev–Trinajstić information content (AvgIpc) is 2.80. The van der Waals surface area contributed by atoms with Crippen molar-refractivity contribution in [2.45, 2.75) is 26.4 Å². The topological polar surface area (TPSA) is 29.9 Å². The number of hydrogen-bond donors (Lipinski definition) is 1. The van der Waals surface area contributed by atoms with Crippen molar-refractivity contribution in [3.8, 4) is 0 Å². The lowest BCUT2D eigenvalue weighted by Crippen LogP contribution is -2.05. The molecule has 0 bridgehead atoms. The van der Waals surface area contributed by atoms with Gasteiger partial charge in [-0.15, -0.1) is 0 Å². The highest BCUT2D eigenvalue weighted by Gasteiger charge is 2.06. The Bertz CT molecular complexity index is 537. The molecule has 1 aromatic carbocycles. The fraction of sp³-hybridized carbons (Fsp3) is 0.308. The van der Waals surface area contributed by atoms with Gasteiger partial charge < -0.3 is 5.32 Å². The number of halogens is 2. The number of hydrogen-bond acceptors (Lipinski definition) is 2. The van der Waals surface area contributed by atoms with Gasteiger partial charge >= 0.3 is 0 Å². The number of nitrogens with zero attached hydrogens (tertiary/aromatic N) is 2. The van der Waals surface area contributed by atoms with Gasteiger partial charge in [0.25, 0.3) is 0 Å². The Kier molecular flexibility index (Phi) is 4.21. The Morgan fingerprint density at radius 2 is 2.17 bits per heavy atom. The Hall–Kier alpha value is -1.11. The molecule has 1 N–H and O–H groups in total. The number of benzene rings is 1. The van der Waals surface area contributed by atoms with E-state index in [9.17, 15) is 4.39 Å². The van der Waals surface area contributed by atoms with Crippen LogP contribution in [0.25, 0.3) is 0 Å². The average molecular weight is 359 g/mol. The number of aromatic nitrogens is 2. The highest BCUT2D eigenvalue weighted by atomic mass is 127. The van der Waals surface area contributed by atoms with Crippen molar-refractivity contribution in [2.24, 2.45) is 0 Å². The van der Waals surface area contributed by atoms with Gasteiger partial charge in [0, 0.05) is 12.2 Å². The molecule has 0 unspecified atom stereocenters. The van der Waals surface area contributed by atoms with Crippen LogP contribution in [-0.2, 0) is 6.54 Å². The van der Waals surface area contributed by atoms with Crippen molar-refractivity contribution in [2.75, 3.05) is 5.32 Å². The third kappa shape index (κ3) is 3.01. The van der Waals surface area contributed by atoms with Crippen LogP contribution in [0.3, 0.4) is 0 Å². The molecule has 96 valence electrons. The van der Waals surface area contributed by atoms with Gasteiger partial charge in [-0.25, -0.2) is 4.39 Å². The predicted octanol–water partition coefficient (Wildman–Crippen LogP) is 3.82. The smallest absolute Gasteiger partial charge is 0.138 e. The second kappa shape index (κ2) is 5.69. The summed E-state index contributed by atoms with van der Waals surface area (Å²) in [5.41, 5.74) is 1.75. The summed E-state index contributed by atoms with van der Waals surface area (Å²) in [4.78, 5) is 0. The standard InChI is InChI=1S/C13H15FIN3/c1-9(2)18-7-6-10(17-18)8-16-12-5-3-4-11(14)13(12)15/h3-7,9,16H,8H2,1-2H3. The van der Waals surface area contributed by atoms with Crippen molar-refractivity contribution < 1.29 is 4.39 Å². The fourth-order valence-electron chi connectivity index (χ4n) is 1.59. The first-order chi connectivity index (χ1) is 8.58. The van der Waals surface area contributed by atoms with Crippen LogP contribution in [0.2, 0.25) is 0 Å². The van der Waals surface area contributed by atoms with E-state index in [1.165, 1.54) is 6.07 Å². The zero-order valence-corrected chi connectivity index (χ0v) is 12.5. The van der Waals surface area contributed by atoms with Crippen LogP contribution in [0.1, 0.15) is 25.6 Å². The van der Waals surface area contributed by atoms with Crippen LogP contribution in [0, 0.1) is 9.39 Å². The maximum atomic E-state index is 13.3. The van der Waals surface area contributed by atoms with Crippen LogP contribution in [-0.4, -0.2) is 9.78 Å². The zero-order valence-electron chi connectivity index (χ0n) is 10.3. The van der Waals surface area contributed by atoms with Gasteiger partial charge in [0.2, 0.25) is 0 Å². The summed E-state index contributed by atoms with van der Waals surface area (Å²) < 4.78 is 15.9. The lowest BCUT2D eigenvalue weighted by Gasteiger charge is -2.08.